The summed E-state index contributed by atoms with van der Waals surface area (Å²) in [6, 6.07) is 17.7. The number of fused-ring (bicyclic) bond motifs is 2. The fourth-order valence-corrected chi connectivity index (χ4v) is 3.69. The van der Waals surface area contributed by atoms with Crippen LogP contribution in [0.5, 0.6) is 5.75 Å². The molecule has 0 saturated carbocycles. The largest absolute Gasteiger partial charge is 0.497 e. The molecule has 140 valence electrons. The number of carbonyl (C=O) groups is 1. The summed E-state index contributed by atoms with van der Waals surface area (Å²) in [5.74, 6) is 0.838. The minimum Gasteiger partial charge on any atom is -0.497 e. The summed E-state index contributed by atoms with van der Waals surface area (Å²) >= 11 is 0. The van der Waals surface area contributed by atoms with Gasteiger partial charge in [-0.2, -0.15) is 0 Å². The molecule has 1 saturated heterocycles. The first-order valence-corrected chi connectivity index (χ1v) is 9.16. The fraction of sp³-hybridized carbons (Fsp3) is 0.318. The van der Waals surface area contributed by atoms with Crippen molar-refractivity contribution in [3.05, 3.63) is 71.8 Å². The number of amides is 1. The average Bonchev–Trinajstić information content (AvgIpc) is 2.72. The molecule has 5 heteroatoms. The van der Waals surface area contributed by atoms with Gasteiger partial charge in [-0.05, 0) is 35.3 Å². The lowest BCUT2D eigenvalue weighted by atomic mass is 9.90. The second-order valence-corrected chi connectivity index (χ2v) is 6.83. The lowest BCUT2D eigenvalue weighted by Crippen LogP contribution is -2.56. The van der Waals surface area contributed by atoms with Gasteiger partial charge in [-0.1, -0.05) is 48.5 Å². The summed E-state index contributed by atoms with van der Waals surface area (Å²) in [4.78, 5) is 14.5. The van der Waals surface area contributed by atoms with Gasteiger partial charge in [-0.3, -0.25) is 4.90 Å². The number of rotatable bonds is 4. The molecule has 2 atom stereocenters. The van der Waals surface area contributed by atoms with Crippen molar-refractivity contribution < 1.29 is 19.0 Å². The van der Waals surface area contributed by atoms with Gasteiger partial charge in [0.05, 0.1) is 32.4 Å². The zero-order valence-electron chi connectivity index (χ0n) is 15.3. The van der Waals surface area contributed by atoms with Crippen LogP contribution in [-0.4, -0.2) is 43.4 Å². The highest BCUT2D eigenvalue weighted by atomic mass is 16.6. The van der Waals surface area contributed by atoms with Crippen molar-refractivity contribution in [3.63, 3.8) is 0 Å². The number of benzene rings is 2. The van der Waals surface area contributed by atoms with Crippen LogP contribution in [0.1, 0.15) is 17.5 Å². The normalized spacial score (nSPS) is 21.4. The van der Waals surface area contributed by atoms with E-state index in [-0.39, 0.29) is 24.8 Å². The second kappa shape index (κ2) is 7.84. The number of morpholine rings is 1. The summed E-state index contributed by atoms with van der Waals surface area (Å²) in [5.41, 5.74) is 3.38. The first-order valence-electron chi connectivity index (χ1n) is 9.16. The minimum absolute atomic E-state index is 0.00544. The molecule has 0 radical (unpaired) electrons. The van der Waals surface area contributed by atoms with Gasteiger partial charge in [-0.15, -0.1) is 0 Å². The summed E-state index contributed by atoms with van der Waals surface area (Å²) < 4.78 is 16.5. The molecule has 0 N–H and O–H groups in total. The van der Waals surface area contributed by atoms with Crippen molar-refractivity contribution >= 4 is 11.7 Å². The Hall–Kier alpha value is -2.79. The number of carbonyl (C=O) groups excluding carboxylic acids is 1. The molecular formula is C22H23NO4. The van der Waals surface area contributed by atoms with E-state index in [9.17, 15) is 4.79 Å². The van der Waals surface area contributed by atoms with Crippen LogP contribution in [0.15, 0.2) is 60.7 Å². The summed E-state index contributed by atoms with van der Waals surface area (Å²) in [7, 11) is 1.66. The van der Waals surface area contributed by atoms with E-state index >= 15 is 0 Å². The zero-order valence-corrected chi connectivity index (χ0v) is 15.3. The van der Waals surface area contributed by atoms with E-state index < -0.39 is 0 Å². The summed E-state index contributed by atoms with van der Waals surface area (Å²) in [6.45, 7) is 1.31. The van der Waals surface area contributed by atoms with Gasteiger partial charge in [0.2, 0.25) is 0 Å². The molecule has 2 unspecified atom stereocenters. The molecule has 4 rings (SSSR count). The number of hydrogen-bond donors (Lipinski definition) is 0. The van der Waals surface area contributed by atoms with E-state index in [4.69, 9.17) is 14.2 Å². The van der Waals surface area contributed by atoms with Crippen molar-refractivity contribution in [2.45, 2.75) is 25.1 Å². The van der Waals surface area contributed by atoms with E-state index in [1.165, 1.54) is 5.57 Å². The predicted octanol–water partition coefficient (Wildman–Crippen LogP) is 3.89. The fourth-order valence-electron chi connectivity index (χ4n) is 3.69. The third kappa shape index (κ3) is 3.83. The summed E-state index contributed by atoms with van der Waals surface area (Å²) in [5, 5.41) is 0. The predicted molar refractivity (Wildman–Crippen MR) is 102 cm³/mol. The molecular weight excluding hydrogens is 342 g/mol. The quantitative estimate of drug-likeness (QED) is 0.825. The van der Waals surface area contributed by atoms with Crippen LogP contribution in [-0.2, 0) is 16.1 Å². The third-order valence-corrected chi connectivity index (χ3v) is 5.08. The maximum atomic E-state index is 12.7. The van der Waals surface area contributed by atoms with Crippen LogP contribution in [0.2, 0.25) is 0 Å². The van der Waals surface area contributed by atoms with Gasteiger partial charge in [0, 0.05) is 0 Å². The van der Waals surface area contributed by atoms with Crippen LogP contribution in [0.4, 0.5) is 4.79 Å². The molecule has 2 aliphatic heterocycles. The van der Waals surface area contributed by atoms with Crippen LogP contribution in [0, 0.1) is 0 Å². The standard InChI is InChI=1S/C22H23NO4/c1-25-21-9-7-17(8-10-21)18-11-19-14-26-15-20(12-18)23(19)22(24)27-13-16-5-3-2-4-6-16/h2-11,19-20H,12-15H2,1H3. The smallest absolute Gasteiger partial charge is 0.411 e. The molecule has 2 heterocycles. The zero-order chi connectivity index (χ0) is 18.6. The molecule has 5 nitrogen and oxygen atoms in total. The molecule has 27 heavy (non-hydrogen) atoms. The molecule has 1 amide bonds. The number of methoxy groups -OCH3 is 1. The molecule has 2 aliphatic rings. The van der Waals surface area contributed by atoms with Crippen LogP contribution in [0.3, 0.4) is 0 Å². The Kier molecular flexibility index (Phi) is 5.12. The Labute approximate surface area is 159 Å². The van der Waals surface area contributed by atoms with Gasteiger partial charge in [-0.25, -0.2) is 4.79 Å². The molecule has 0 aliphatic carbocycles. The Morgan fingerprint density at radius 3 is 2.59 bits per heavy atom. The van der Waals surface area contributed by atoms with Crippen molar-refractivity contribution in [1.82, 2.24) is 4.90 Å². The van der Waals surface area contributed by atoms with E-state index in [1.54, 1.807) is 7.11 Å². The molecule has 0 aromatic heterocycles. The van der Waals surface area contributed by atoms with Gasteiger partial charge in [0.25, 0.3) is 0 Å². The Morgan fingerprint density at radius 2 is 1.89 bits per heavy atom. The van der Waals surface area contributed by atoms with E-state index in [0.29, 0.717) is 13.2 Å². The van der Waals surface area contributed by atoms with Crippen LogP contribution >= 0.6 is 0 Å². The number of nitrogens with zero attached hydrogens (tertiary/aromatic N) is 1. The van der Waals surface area contributed by atoms with Gasteiger partial charge < -0.3 is 14.2 Å². The highest BCUT2D eigenvalue weighted by Crippen LogP contribution is 2.33. The summed E-state index contributed by atoms with van der Waals surface area (Å²) in [6.07, 6.45) is 2.60. The van der Waals surface area contributed by atoms with Crippen molar-refractivity contribution in [2.75, 3.05) is 20.3 Å². The number of ether oxygens (including phenoxy) is 3. The maximum Gasteiger partial charge on any atom is 0.411 e. The van der Waals surface area contributed by atoms with Crippen LogP contribution in [0.25, 0.3) is 5.57 Å². The second-order valence-electron chi connectivity index (χ2n) is 6.83. The van der Waals surface area contributed by atoms with Gasteiger partial charge in [0.15, 0.2) is 0 Å². The van der Waals surface area contributed by atoms with E-state index in [2.05, 4.69) is 18.2 Å². The minimum atomic E-state index is -0.276. The molecule has 2 bridgehead atoms. The van der Waals surface area contributed by atoms with Crippen molar-refractivity contribution in [1.29, 1.82) is 0 Å². The third-order valence-electron chi connectivity index (χ3n) is 5.08. The molecule has 1 fully saturated rings. The monoisotopic (exact) mass is 365 g/mol. The molecule has 0 spiro atoms. The Morgan fingerprint density at radius 1 is 1.11 bits per heavy atom. The first-order chi connectivity index (χ1) is 13.2. The highest BCUT2D eigenvalue weighted by molar-refractivity contribution is 5.74. The van der Waals surface area contributed by atoms with Crippen molar-refractivity contribution in [3.8, 4) is 5.75 Å². The first kappa shape index (κ1) is 17.6. The lowest BCUT2D eigenvalue weighted by molar-refractivity contribution is -0.0342. The van der Waals surface area contributed by atoms with Crippen LogP contribution < -0.4 is 4.74 Å². The topological polar surface area (TPSA) is 48.0 Å². The van der Waals surface area contributed by atoms with E-state index in [1.807, 2.05) is 47.4 Å². The Balaban J connectivity index is 1.48. The highest BCUT2D eigenvalue weighted by Gasteiger charge is 2.39. The van der Waals surface area contributed by atoms with E-state index in [0.717, 1.165) is 23.3 Å². The number of hydrogen-bond acceptors (Lipinski definition) is 4. The Bertz CT molecular complexity index is 816. The van der Waals surface area contributed by atoms with Crippen molar-refractivity contribution in [2.24, 2.45) is 0 Å². The van der Waals surface area contributed by atoms with Gasteiger partial charge in [0.1, 0.15) is 12.4 Å². The molecule has 2 aromatic rings. The van der Waals surface area contributed by atoms with Gasteiger partial charge >= 0.3 is 6.09 Å². The molecule has 2 aromatic carbocycles. The SMILES string of the molecule is COc1ccc(C2=CC3COCC(C2)N3C(=O)OCc2ccccc2)cc1. The maximum absolute atomic E-state index is 12.7. The average molecular weight is 365 g/mol. The lowest BCUT2D eigenvalue weighted by Gasteiger charge is -2.43.